The predicted molar refractivity (Wildman–Crippen MR) is 98.1 cm³/mol. The Balaban J connectivity index is 2.09. The van der Waals surface area contributed by atoms with E-state index < -0.39 is 22.9 Å². The molecule has 0 spiro atoms. The molecule has 0 saturated heterocycles. The Morgan fingerprint density at radius 2 is 1.81 bits per heavy atom. The van der Waals surface area contributed by atoms with E-state index in [4.69, 9.17) is 16.3 Å². The molecule has 0 bridgehead atoms. The number of amides is 1. The number of anilines is 1. The third kappa shape index (κ3) is 4.89. The summed E-state index contributed by atoms with van der Waals surface area (Å²) >= 11 is 5.87. The standard InChI is InChI=1S/C18H15ClN2O6/c1-10(22)13-5-3-4-6-16(13)20-17(23)11(2)27-18(24)14-8-7-12(21(25)26)9-15(14)19/h3-9,11H,1-2H3,(H,20,23). The molecule has 0 saturated carbocycles. The maximum atomic E-state index is 12.3. The number of Topliss-reactive ketones (excluding diaryl/α,β-unsaturated/α-hetero) is 1. The lowest BCUT2D eigenvalue weighted by molar-refractivity contribution is -0.384. The molecule has 1 amide bonds. The zero-order valence-corrected chi connectivity index (χ0v) is 15.1. The zero-order chi connectivity index (χ0) is 20.1. The summed E-state index contributed by atoms with van der Waals surface area (Å²) in [6.07, 6.45) is -1.19. The van der Waals surface area contributed by atoms with Crippen LogP contribution in [0.3, 0.4) is 0 Å². The molecular formula is C18H15ClN2O6. The first kappa shape index (κ1) is 20.1. The van der Waals surface area contributed by atoms with Gasteiger partial charge in [0.25, 0.3) is 11.6 Å². The van der Waals surface area contributed by atoms with Crippen LogP contribution in [0.1, 0.15) is 34.6 Å². The number of ether oxygens (including phenoxy) is 1. The summed E-state index contributed by atoms with van der Waals surface area (Å²) in [7, 11) is 0. The number of ketones is 1. The Morgan fingerprint density at radius 1 is 1.15 bits per heavy atom. The third-order valence-corrected chi connectivity index (χ3v) is 3.91. The van der Waals surface area contributed by atoms with Gasteiger partial charge >= 0.3 is 5.97 Å². The van der Waals surface area contributed by atoms with Gasteiger partial charge in [0.05, 0.1) is 21.2 Å². The number of rotatable bonds is 6. The SMILES string of the molecule is CC(=O)c1ccccc1NC(=O)C(C)OC(=O)c1ccc([N+](=O)[O-])cc1Cl. The minimum atomic E-state index is -1.19. The van der Waals surface area contributed by atoms with E-state index in [1.54, 1.807) is 24.3 Å². The number of nitro benzene ring substituents is 1. The minimum absolute atomic E-state index is 0.106. The highest BCUT2D eigenvalue weighted by Crippen LogP contribution is 2.23. The van der Waals surface area contributed by atoms with Crippen molar-refractivity contribution in [3.05, 3.63) is 68.7 Å². The van der Waals surface area contributed by atoms with Crippen molar-refractivity contribution in [1.29, 1.82) is 0 Å². The molecule has 0 heterocycles. The van der Waals surface area contributed by atoms with Crippen molar-refractivity contribution in [3.63, 3.8) is 0 Å². The van der Waals surface area contributed by atoms with Crippen LogP contribution in [0.15, 0.2) is 42.5 Å². The Morgan fingerprint density at radius 3 is 2.41 bits per heavy atom. The van der Waals surface area contributed by atoms with Gasteiger partial charge in [0.15, 0.2) is 11.9 Å². The van der Waals surface area contributed by atoms with E-state index in [9.17, 15) is 24.5 Å². The van der Waals surface area contributed by atoms with Gasteiger partial charge in [-0.25, -0.2) is 4.79 Å². The molecular weight excluding hydrogens is 376 g/mol. The zero-order valence-electron chi connectivity index (χ0n) is 14.4. The molecule has 0 aliphatic carbocycles. The topological polar surface area (TPSA) is 116 Å². The molecule has 2 aromatic carbocycles. The van der Waals surface area contributed by atoms with Gasteiger partial charge < -0.3 is 10.1 Å². The van der Waals surface area contributed by atoms with Crippen LogP contribution in [0.2, 0.25) is 5.02 Å². The van der Waals surface area contributed by atoms with Gasteiger partial charge in [0.2, 0.25) is 0 Å². The van der Waals surface area contributed by atoms with Crippen molar-refractivity contribution in [1.82, 2.24) is 0 Å². The van der Waals surface area contributed by atoms with Gasteiger partial charge in [-0.05, 0) is 32.0 Å². The van der Waals surface area contributed by atoms with Crippen LogP contribution in [0, 0.1) is 10.1 Å². The van der Waals surface area contributed by atoms with E-state index >= 15 is 0 Å². The number of hydrogen-bond donors (Lipinski definition) is 1. The number of carbonyl (C=O) groups is 3. The fraction of sp³-hybridized carbons (Fsp3) is 0.167. The number of nitro groups is 1. The molecule has 140 valence electrons. The number of nitrogens with zero attached hydrogens (tertiary/aromatic N) is 1. The lowest BCUT2D eigenvalue weighted by atomic mass is 10.1. The Hall–Kier alpha value is -3.26. The second kappa shape index (κ2) is 8.41. The van der Waals surface area contributed by atoms with Gasteiger partial charge in [-0.1, -0.05) is 23.7 Å². The fourth-order valence-corrected chi connectivity index (χ4v) is 2.45. The maximum Gasteiger partial charge on any atom is 0.340 e. The number of benzene rings is 2. The van der Waals surface area contributed by atoms with E-state index in [2.05, 4.69) is 5.32 Å². The van der Waals surface area contributed by atoms with Crippen molar-refractivity contribution < 1.29 is 24.0 Å². The molecule has 0 radical (unpaired) electrons. The number of nitrogens with one attached hydrogen (secondary N) is 1. The summed E-state index contributed by atoms with van der Waals surface area (Å²) in [5.41, 5.74) is 0.239. The van der Waals surface area contributed by atoms with Crippen molar-refractivity contribution >= 4 is 40.6 Å². The molecule has 27 heavy (non-hydrogen) atoms. The first-order valence-corrected chi connectivity index (χ1v) is 8.14. The molecule has 1 atom stereocenters. The third-order valence-electron chi connectivity index (χ3n) is 3.60. The van der Waals surface area contributed by atoms with Crippen molar-refractivity contribution in [2.24, 2.45) is 0 Å². The van der Waals surface area contributed by atoms with E-state index in [0.29, 0.717) is 11.3 Å². The first-order valence-electron chi connectivity index (χ1n) is 7.76. The maximum absolute atomic E-state index is 12.3. The molecule has 1 N–H and O–H groups in total. The number of esters is 1. The van der Waals surface area contributed by atoms with Crippen LogP contribution < -0.4 is 5.32 Å². The van der Waals surface area contributed by atoms with E-state index in [-0.39, 0.29) is 22.1 Å². The number of para-hydroxylation sites is 1. The molecule has 0 aliphatic rings. The molecule has 1 unspecified atom stereocenters. The van der Waals surface area contributed by atoms with Crippen LogP contribution in [-0.4, -0.2) is 28.7 Å². The summed E-state index contributed by atoms with van der Waals surface area (Å²) in [4.78, 5) is 46.1. The van der Waals surface area contributed by atoms with Crippen LogP contribution >= 0.6 is 11.6 Å². The van der Waals surface area contributed by atoms with Gasteiger partial charge in [-0.2, -0.15) is 0 Å². The molecule has 2 rings (SSSR count). The van der Waals surface area contributed by atoms with Crippen molar-refractivity contribution in [3.8, 4) is 0 Å². The second-order valence-electron chi connectivity index (χ2n) is 5.56. The smallest absolute Gasteiger partial charge is 0.340 e. The largest absolute Gasteiger partial charge is 0.449 e. The summed E-state index contributed by atoms with van der Waals surface area (Å²) in [6, 6.07) is 9.70. The number of halogens is 1. The van der Waals surface area contributed by atoms with E-state index in [1.165, 1.54) is 13.8 Å². The van der Waals surface area contributed by atoms with Gasteiger partial charge in [0.1, 0.15) is 0 Å². The summed E-state index contributed by atoms with van der Waals surface area (Å²) in [5, 5.41) is 13.1. The van der Waals surface area contributed by atoms with Crippen LogP contribution in [0.5, 0.6) is 0 Å². The lowest BCUT2D eigenvalue weighted by Crippen LogP contribution is -2.30. The number of carbonyl (C=O) groups excluding carboxylic acids is 3. The highest BCUT2D eigenvalue weighted by molar-refractivity contribution is 6.33. The lowest BCUT2D eigenvalue weighted by Gasteiger charge is -2.15. The first-order chi connectivity index (χ1) is 12.7. The second-order valence-corrected chi connectivity index (χ2v) is 5.97. The molecule has 0 aromatic heterocycles. The summed E-state index contributed by atoms with van der Waals surface area (Å²) in [6.45, 7) is 2.72. The molecule has 9 heteroatoms. The minimum Gasteiger partial charge on any atom is -0.449 e. The fourth-order valence-electron chi connectivity index (χ4n) is 2.19. The van der Waals surface area contributed by atoms with Crippen molar-refractivity contribution in [2.75, 3.05) is 5.32 Å². The molecule has 0 aliphatic heterocycles. The molecule has 2 aromatic rings. The van der Waals surface area contributed by atoms with Crippen LogP contribution in [0.25, 0.3) is 0 Å². The van der Waals surface area contributed by atoms with Crippen LogP contribution in [0.4, 0.5) is 11.4 Å². The van der Waals surface area contributed by atoms with Crippen LogP contribution in [-0.2, 0) is 9.53 Å². The Kier molecular flexibility index (Phi) is 6.25. The highest BCUT2D eigenvalue weighted by Gasteiger charge is 2.23. The Bertz CT molecular complexity index is 928. The normalized spacial score (nSPS) is 11.4. The molecule has 8 nitrogen and oxygen atoms in total. The van der Waals surface area contributed by atoms with E-state index in [1.807, 2.05) is 0 Å². The Labute approximate surface area is 159 Å². The highest BCUT2D eigenvalue weighted by atomic mass is 35.5. The van der Waals surface area contributed by atoms with Gasteiger partial charge in [0, 0.05) is 17.7 Å². The van der Waals surface area contributed by atoms with Gasteiger partial charge in [-0.3, -0.25) is 19.7 Å². The van der Waals surface area contributed by atoms with E-state index in [0.717, 1.165) is 18.2 Å². The summed E-state index contributed by atoms with van der Waals surface area (Å²) in [5.74, 6) is -1.78. The predicted octanol–water partition coefficient (Wildman–Crippen LogP) is 3.63. The average Bonchev–Trinajstić information content (AvgIpc) is 2.61. The number of hydrogen-bond acceptors (Lipinski definition) is 6. The average molecular weight is 391 g/mol. The van der Waals surface area contributed by atoms with Gasteiger partial charge in [-0.15, -0.1) is 0 Å². The quantitative estimate of drug-likeness (QED) is 0.348. The number of non-ortho nitro benzene ring substituents is 1. The summed E-state index contributed by atoms with van der Waals surface area (Å²) < 4.78 is 5.06. The monoisotopic (exact) mass is 390 g/mol. The molecule has 0 fully saturated rings. The van der Waals surface area contributed by atoms with Crippen molar-refractivity contribution in [2.45, 2.75) is 20.0 Å².